The standard InChI is InChI=1S/C19H27N3O4/c1-13-6-4-5-7-16(13)20-19(25)21-17(23)12-26-18(24)14-8-10-15(11-9-14)22(2)3/h8-11,13,16H,4-7,12H2,1-3H3,(H2,20,21,23,25)/t13-,16-/m1/s1. The Labute approximate surface area is 154 Å². The average molecular weight is 361 g/mol. The summed E-state index contributed by atoms with van der Waals surface area (Å²) in [6.45, 7) is 1.59. The van der Waals surface area contributed by atoms with Gasteiger partial charge >= 0.3 is 12.0 Å². The summed E-state index contributed by atoms with van der Waals surface area (Å²) >= 11 is 0. The Morgan fingerprint density at radius 1 is 1.12 bits per heavy atom. The van der Waals surface area contributed by atoms with Gasteiger partial charge in [0.2, 0.25) is 0 Å². The molecule has 7 nitrogen and oxygen atoms in total. The zero-order valence-corrected chi connectivity index (χ0v) is 15.6. The van der Waals surface area contributed by atoms with Crippen molar-refractivity contribution >= 4 is 23.6 Å². The van der Waals surface area contributed by atoms with E-state index in [1.165, 1.54) is 6.42 Å². The van der Waals surface area contributed by atoms with Gasteiger partial charge in [0.05, 0.1) is 5.56 Å². The first-order valence-corrected chi connectivity index (χ1v) is 8.91. The SMILES string of the molecule is C[C@@H]1CCCC[C@H]1NC(=O)NC(=O)COC(=O)c1ccc(N(C)C)cc1. The molecule has 142 valence electrons. The van der Waals surface area contributed by atoms with Crippen LogP contribution in [0, 0.1) is 5.92 Å². The second-order valence-electron chi connectivity index (χ2n) is 6.91. The minimum absolute atomic E-state index is 0.0781. The van der Waals surface area contributed by atoms with Crippen LogP contribution < -0.4 is 15.5 Å². The molecule has 1 aliphatic rings. The third-order valence-electron chi connectivity index (χ3n) is 4.63. The van der Waals surface area contributed by atoms with E-state index in [2.05, 4.69) is 17.6 Å². The maximum absolute atomic E-state index is 12.0. The molecule has 26 heavy (non-hydrogen) atoms. The number of carbonyl (C=O) groups excluding carboxylic acids is 3. The molecule has 2 rings (SSSR count). The van der Waals surface area contributed by atoms with Crippen molar-refractivity contribution in [1.29, 1.82) is 0 Å². The lowest BCUT2D eigenvalue weighted by molar-refractivity contribution is -0.123. The Kier molecular flexibility index (Phi) is 7.00. The number of rotatable bonds is 5. The van der Waals surface area contributed by atoms with Crippen LogP contribution in [-0.4, -0.2) is 44.7 Å². The van der Waals surface area contributed by atoms with Crippen molar-refractivity contribution in [3.8, 4) is 0 Å². The molecule has 0 saturated heterocycles. The molecule has 0 radical (unpaired) electrons. The fraction of sp³-hybridized carbons (Fsp3) is 0.526. The Hall–Kier alpha value is -2.57. The number of imide groups is 1. The number of hydrogen-bond donors (Lipinski definition) is 2. The van der Waals surface area contributed by atoms with Crippen molar-refractivity contribution in [1.82, 2.24) is 10.6 Å². The average Bonchev–Trinajstić information content (AvgIpc) is 2.61. The predicted molar refractivity (Wildman–Crippen MR) is 99.1 cm³/mol. The minimum atomic E-state index is -0.649. The zero-order chi connectivity index (χ0) is 19.1. The molecule has 1 saturated carbocycles. The predicted octanol–water partition coefficient (Wildman–Crippen LogP) is 2.31. The highest BCUT2D eigenvalue weighted by Gasteiger charge is 2.23. The molecule has 2 N–H and O–H groups in total. The summed E-state index contributed by atoms with van der Waals surface area (Å²) in [5.41, 5.74) is 1.30. The van der Waals surface area contributed by atoms with Gasteiger partial charge in [-0.15, -0.1) is 0 Å². The summed E-state index contributed by atoms with van der Waals surface area (Å²) in [7, 11) is 3.80. The van der Waals surface area contributed by atoms with Crippen LogP contribution in [0.15, 0.2) is 24.3 Å². The zero-order valence-electron chi connectivity index (χ0n) is 15.6. The molecule has 2 atom stereocenters. The summed E-state index contributed by atoms with van der Waals surface area (Å²) < 4.78 is 4.96. The molecule has 0 bridgehead atoms. The molecule has 1 aliphatic carbocycles. The Balaban J connectivity index is 1.75. The van der Waals surface area contributed by atoms with Gasteiger partial charge in [-0.3, -0.25) is 10.1 Å². The van der Waals surface area contributed by atoms with Crippen molar-refractivity contribution in [2.75, 3.05) is 25.6 Å². The van der Waals surface area contributed by atoms with Gasteiger partial charge in [0.25, 0.3) is 5.91 Å². The van der Waals surface area contributed by atoms with Crippen LogP contribution in [0.2, 0.25) is 0 Å². The fourth-order valence-corrected chi connectivity index (χ4v) is 3.01. The van der Waals surface area contributed by atoms with E-state index in [4.69, 9.17) is 4.74 Å². The van der Waals surface area contributed by atoms with E-state index in [0.29, 0.717) is 11.5 Å². The van der Waals surface area contributed by atoms with E-state index in [1.54, 1.807) is 24.3 Å². The molecular weight excluding hydrogens is 334 g/mol. The molecule has 1 aromatic carbocycles. The number of esters is 1. The van der Waals surface area contributed by atoms with E-state index >= 15 is 0 Å². The number of nitrogens with one attached hydrogen (secondary N) is 2. The normalized spacial score (nSPS) is 19.3. The quantitative estimate of drug-likeness (QED) is 0.786. The van der Waals surface area contributed by atoms with Crippen LogP contribution in [0.5, 0.6) is 0 Å². The molecule has 0 heterocycles. The van der Waals surface area contributed by atoms with Gasteiger partial charge in [-0.1, -0.05) is 19.8 Å². The topological polar surface area (TPSA) is 87.7 Å². The molecular formula is C19H27N3O4. The number of hydrogen-bond acceptors (Lipinski definition) is 5. The van der Waals surface area contributed by atoms with Crippen LogP contribution >= 0.6 is 0 Å². The Bertz CT molecular complexity index is 643. The number of amides is 3. The Morgan fingerprint density at radius 3 is 2.38 bits per heavy atom. The van der Waals surface area contributed by atoms with Crippen LogP contribution in [-0.2, 0) is 9.53 Å². The Morgan fingerprint density at radius 2 is 1.77 bits per heavy atom. The van der Waals surface area contributed by atoms with Crippen molar-refractivity contribution in [3.05, 3.63) is 29.8 Å². The van der Waals surface area contributed by atoms with Crippen molar-refractivity contribution < 1.29 is 19.1 Å². The lowest BCUT2D eigenvalue weighted by Gasteiger charge is -2.29. The number of urea groups is 1. The molecule has 3 amide bonds. The van der Waals surface area contributed by atoms with Crippen LogP contribution in [0.1, 0.15) is 43.0 Å². The summed E-state index contributed by atoms with van der Waals surface area (Å²) in [6, 6.07) is 6.37. The molecule has 1 fully saturated rings. The van der Waals surface area contributed by atoms with Gasteiger partial charge in [-0.2, -0.15) is 0 Å². The van der Waals surface area contributed by atoms with E-state index in [-0.39, 0.29) is 6.04 Å². The van der Waals surface area contributed by atoms with E-state index in [0.717, 1.165) is 24.9 Å². The van der Waals surface area contributed by atoms with Crippen LogP contribution in [0.4, 0.5) is 10.5 Å². The lowest BCUT2D eigenvalue weighted by atomic mass is 9.86. The number of carbonyl (C=O) groups is 3. The maximum Gasteiger partial charge on any atom is 0.338 e. The number of nitrogens with zero attached hydrogens (tertiary/aromatic N) is 1. The van der Waals surface area contributed by atoms with Gasteiger partial charge in [-0.05, 0) is 43.0 Å². The summed E-state index contributed by atoms with van der Waals surface area (Å²) in [5, 5.41) is 5.03. The molecule has 0 unspecified atom stereocenters. The smallest absolute Gasteiger partial charge is 0.338 e. The van der Waals surface area contributed by atoms with Crippen molar-refractivity contribution in [2.45, 2.75) is 38.6 Å². The second kappa shape index (κ2) is 9.22. The van der Waals surface area contributed by atoms with Gasteiger partial charge in [0.1, 0.15) is 0 Å². The fourth-order valence-electron chi connectivity index (χ4n) is 3.01. The highest BCUT2D eigenvalue weighted by atomic mass is 16.5. The number of anilines is 1. The monoisotopic (exact) mass is 361 g/mol. The van der Waals surface area contributed by atoms with E-state index < -0.39 is 24.5 Å². The van der Waals surface area contributed by atoms with Crippen molar-refractivity contribution in [3.63, 3.8) is 0 Å². The molecule has 7 heteroatoms. The number of ether oxygens (including phenoxy) is 1. The highest BCUT2D eigenvalue weighted by molar-refractivity contribution is 5.97. The third kappa shape index (κ3) is 5.75. The van der Waals surface area contributed by atoms with E-state index in [9.17, 15) is 14.4 Å². The van der Waals surface area contributed by atoms with Gasteiger partial charge < -0.3 is 15.0 Å². The van der Waals surface area contributed by atoms with Crippen LogP contribution in [0.25, 0.3) is 0 Å². The maximum atomic E-state index is 12.0. The van der Waals surface area contributed by atoms with Gasteiger partial charge in [-0.25, -0.2) is 9.59 Å². The van der Waals surface area contributed by atoms with Gasteiger partial charge in [0.15, 0.2) is 6.61 Å². The lowest BCUT2D eigenvalue weighted by Crippen LogP contribution is -2.48. The summed E-state index contributed by atoms with van der Waals surface area (Å²) in [4.78, 5) is 37.6. The highest BCUT2D eigenvalue weighted by Crippen LogP contribution is 2.23. The first kappa shape index (κ1) is 19.8. The number of benzene rings is 1. The van der Waals surface area contributed by atoms with Crippen molar-refractivity contribution in [2.24, 2.45) is 5.92 Å². The summed E-state index contributed by atoms with van der Waals surface area (Å²) in [6.07, 6.45) is 4.24. The van der Waals surface area contributed by atoms with Gasteiger partial charge in [0, 0.05) is 25.8 Å². The first-order chi connectivity index (χ1) is 12.4. The van der Waals surface area contributed by atoms with E-state index in [1.807, 2.05) is 19.0 Å². The summed E-state index contributed by atoms with van der Waals surface area (Å²) in [5.74, 6) is -0.858. The second-order valence-corrected chi connectivity index (χ2v) is 6.91. The first-order valence-electron chi connectivity index (χ1n) is 8.91. The molecule has 0 aliphatic heterocycles. The van der Waals surface area contributed by atoms with Crippen LogP contribution in [0.3, 0.4) is 0 Å². The molecule has 1 aromatic rings. The minimum Gasteiger partial charge on any atom is -0.452 e. The third-order valence-corrected chi connectivity index (χ3v) is 4.63. The largest absolute Gasteiger partial charge is 0.452 e. The molecule has 0 aromatic heterocycles. The molecule has 0 spiro atoms.